The Labute approximate surface area is 139 Å². The number of nitrogens with zero attached hydrogens (tertiary/aromatic N) is 1. The van der Waals surface area contributed by atoms with E-state index in [0.717, 1.165) is 12.0 Å². The lowest BCUT2D eigenvalue weighted by Crippen LogP contribution is -2.17. The van der Waals surface area contributed by atoms with Gasteiger partial charge in [0.1, 0.15) is 5.02 Å². The average molecular weight is 326 g/mol. The molecule has 3 aromatic rings. The minimum absolute atomic E-state index is 0.0142. The van der Waals surface area contributed by atoms with Crippen molar-refractivity contribution in [1.29, 1.82) is 0 Å². The van der Waals surface area contributed by atoms with Crippen molar-refractivity contribution in [2.45, 2.75) is 12.5 Å². The van der Waals surface area contributed by atoms with Crippen molar-refractivity contribution in [2.24, 2.45) is 0 Å². The van der Waals surface area contributed by atoms with Gasteiger partial charge in [-0.15, -0.1) is 0 Å². The van der Waals surface area contributed by atoms with Gasteiger partial charge in [0.05, 0.1) is 17.9 Å². The lowest BCUT2D eigenvalue weighted by Gasteiger charge is -2.21. The summed E-state index contributed by atoms with van der Waals surface area (Å²) in [6, 6.07) is 20.2. The quantitative estimate of drug-likeness (QED) is 0.749. The van der Waals surface area contributed by atoms with Crippen molar-refractivity contribution in [2.75, 3.05) is 5.32 Å². The second kappa shape index (κ2) is 7.11. The Kier molecular flexibility index (Phi) is 4.74. The van der Waals surface area contributed by atoms with Crippen LogP contribution in [0.5, 0.6) is 0 Å². The molecule has 0 bridgehead atoms. The second-order valence-electron chi connectivity index (χ2n) is 5.22. The largest absolute Gasteiger partial charge is 0.375 e. The molecule has 0 saturated carbocycles. The molecule has 1 aromatic heterocycles. The molecule has 0 amide bonds. The molecule has 0 saturated heterocycles. The molecule has 116 valence electrons. The topological polar surface area (TPSA) is 57.8 Å². The third-order valence-corrected chi connectivity index (χ3v) is 3.99. The van der Waals surface area contributed by atoms with E-state index in [1.165, 1.54) is 11.8 Å². The molecular weight excluding hydrogens is 310 g/mol. The monoisotopic (exact) mass is 325 g/mol. The molecule has 1 unspecified atom stereocenters. The maximum atomic E-state index is 11.6. The second-order valence-corrected chi connectivity index (χ2v) is 5.60. The predicted octanol–water partition coefficient (Wildman–Crippen LogP) is 3.82. The Bertz CT molecular complexity index is 818. The van der Waals surface area contributed by atoms with E-state index in [9.17, 15) is 4.79 Å². The van der Waals surface area contributed by atoms with Gasteiger partial charge in [-0.1, -0.05) is 72.3 Å². The predicted molar refractivity (Wildman–Crippen MR) is 92.8 cm³/mol. The summed E-state index contributed by atoms with van der Waals surface area (Å²) in [4.78, 5) is 11.6. The Hall–Kier alpha value is -2.59. The van der Waals surface area contributed by atoms with E-state index in [4.69, 9.17) is 11.6 Å². The molecule has 2 N–H and O–H groups in total. The van der Waals surface area contributed by atoms with E-state index in [1.54, 1.807) is 0 Å². The van der Waals surface area contributed by atoms with Crippen LogP contribution in [0.3, 0.4) is 0 Å². The van der Waals surface area contributed by atoms with Crippen LogP contribution in [0.2, 0.25) is 5.02 Å². The summed E-state index contributed by atoms with van der Waals surface area (Å²) in [7, 11) is 0. The number of aromatic nitrogens is 2. The summed E-state index contributed by atoms with van der Waals surface area (Å²) < 4.78 is 0. The van der Waals surface area contributed by atoms with Gasteiger partial charge < -0.3 is 5.32 Å². The standard InChI is InChI=1S/C18H16ClN3O/c19-17-16(12-20-22-18(17)23)21-15(14-9-5-2-6-10-14)11-13-7-3-1-4-8-13/h1-10,12,15H,11H2,(H2,21,22,23). The van der Waals surface area contributed by atoms with Crippen molar-refractivity contribution < 1.29 is 0 Å². The molecule has 0 aliphatic carbocycles. The van der Waals surface area contributed by atoms with Gasteiger partial charge in [-0.3, -0.25) is 4.79 Å². The summed E-state index contributed by atoms with van der Waals surface area (Å²) in [5, 5.41) is 9.60. The zero-order valence-corrected chi connectivity index (χ0v) is 13.1. The van der Waals surface area contributed by atoms with E-state index in [2.05, 4.69) is 39.8 Å². The number of halogens is 1. The summed E-state index contributed by atoms with van der Waals surface area (Å²) in [5.74, 6) is 0. The van der Waals surface area contributed by atoms with Crippen LogP contribution in [0.1, 0.15) is 17.2 Å². The molecule has 0 spiro atoms. The normalized spacial score (nSPS) is 11.9. The fraction of sp³-hybridized carbons (Fsp3) is 0.111. The molecule has 0 aliphatic heterocycles. The third kappa shape index (κ3) is 3.79. The smallest absolute Gasteiger partial charge is 0.285 e. The number of hydrogen-bond donors (Lipinski definition) is 2. The molecule has 5 heteroatoms. The number of rotatable bonds is 5. The van der Waals surface area contributed by atoms with Crippen molar-refractivity contribution in [1.82, 2.24) is 10.2 Å². The van der Waals surface area contributed by atoms with Crippen molar-refractivity contribution in [3.05, 3.63) is 93.4 Å². The van der Waals surface area contributed by atoms with Gasteiger partial charge in [0.2, 0.25) is 0 Å². The lowest BCUT2D eigenvalue weighted by molar-refractivity contribution is 0.772. The maximum absolute atomic E-state index is 11.6. The Morgan fingerprint density at radius 3 is 2.39 bits per heavy atom. The van der Waals surface area contributed by atoms with Crippen LogP contribution >= 0.6 is 11.6 Å². The highest BCUT2D eigenvalue weighted by Crippen LogP contribution is 2.25. The number of anilines is 1. The number of nitrogens with one attached hydrogen (secondary N) is 2. The zero-order valence-electron chi connectivity index (χ0n) is 12.4. The van der Waals surface area contributed by atoms with Crippen molar-refractivity contribution in [3.8, 4) is 0 Å². The first-order chi connectivity index (χ1) is 11.2. The van der Waals surface area contributed by atoms with Crippen LogP contribution < -0.4 is 10.9 Å². The van der Waals surface area contributed by atoms with E-state index in [1.807, 2.05) is 36.4 Å². The fourth-order valence-electron chi connectivity index (χ4n) is 2.46. The molecule has 4 nitrogen and oxygen atoms in total. The van der Waals surface area contributed by atoms with Gasteiger partial charge in [0.25, 0.3) is 5.56 Å². The first-order valence-electron chi connectivity index (χ1n) is 7.32. The summed E-state index contributed by atoms with van der Waals surface area (Å²) in [5.41, 5.74) is 2.44. The van der Waals surface area contributed by atoms with E-state index in [0.29, 0.717) is 5.69 Å². The summed E-state index contributed by atoms with van der Waals surface area (Å²) >= 11 is 6.08. The Morgan fingerprint density at radius 2 is 1.70 bits per heavy atom. The molecule has 0 fully saturated rings. The molecule has 3 rings (SSSR count). The zero-order chi connectivity index (χ0) is 16.1. The number of aromatic amines is 1. The molecule has 23 heavy (non-hydrogen) atoms. The number of benzene rings is 2. The Balaban J connectivity index is 1.92. The maximum Gasteiger partial charge on any atom is 0.285 e. The summed E-state index contributed by atoms with van der Waals surface area (Å²) in [6.07, 6.45) is 2.30. The van der Waals surface area contributed by atoms with Gasteiger partial charge >= 0.3 is 0 Å². The molecule has 0 aliphatic rings. The minimum atomic E-state index is -0.400. The lowest BCUT2D eigenvalue weighted by atomic mass is 9.98. The van der Waals surface area contributed by atoms with Crippen molar-refractivity contribution >= 4 is 17.3 Å². The Morgan fingerprint density at radius 1 is 1.04 bits per heavy atom. The molecule has 1 atom stereocenters. The average Bonchev–Trinajstić information content (AvgIpc) is 2.60. The van der Waals surface area contributed by atoms with Crippen LogP contribution in [0.4, 0.5) is 5.69 Å². The van der Waals surface area contributed by atoms with Gasteiger partial charge in [-0.25, -0.2) is 5.10 Å². The third-order valence-electron chi connectivity index (χ3n) is 3.61. The van der Waals surface area contributed by atoms with Gasteiger partial charge in [0.15, 0.2) is 0 Å². The minimum Gasteiger partial charge on any atom is -0.375 e. The van der Waals surface area contributed by atoms with Crippen molar-refractivity contribution in [3.63, 3.8) is 0 Å². The molecule has 1 heterocycles. The number of H-pyrrole nitrogens is 1. The van der Waals surface area contributed by atoms with Crippen LogP contribution in [-0.2, 0) is 6.42 Å². The first-order valence-corrected chi connectivity index (χ1v) is 7.70. The summed E-state index contributed by atoms with van der Waals surface area (Å²) in [6.45, 7) is 0. The van der Waals surface area contributed by atoms with Gasteiger partial charge in [-0.2, -0.15) is 5.10 Å². The highest BCUT2D eigenvalue weighted by atomic mass is 35.5. The molecule has 0 radical (unpaired) electrons. The van der Waals surface area contributed by atoms with E-state index >= 15 is 0 Å². The molecular formula is C18H16ClN3O. The van der Waals surface area contributed by atoms with Crippen LogP contribution in [-0.4, -0.2) is 10.2 Å². The van der Waals surface area contributed by atoms with E-state index < -0.39 is 5.56 Å². The highest BCUT2D eigenvalue weighted by molar-refractivity contribution is 6.32. The highest BCUT2D eigenvalue weighted by Gasteiger charge is 2.15. The van der Waals surface area contributed by atoms with Gasteiger partial charge in [-0.05, 0) is 17.5 Å². The number of hydrogen-bond acceptors (Lipinski definition) is 3. The SMILES string of the molecule is O=c1[nH]ncc(NC(Cc2ccccc2)c2ccccc2)c1Cl. The van der Waals surface area contributed by atoms with E-state index in [-0.39, 0.29) is 11.1 Å². The van der Waals surface area contributed by atoms with Crippen LogP contribution in [0.25, 0.3) is 0 Å². The molecule has 2 aromatic carbocycles. The fourth-order valence-corrected chi connectivity index (χ4v) is 2.60. The van der Waals surface area contributed by atoms with Crippen LogP contribution in [0, 0.1) is 0 Å². The first kappa shape index (κ1) is 15.3. The van der Waals surface area contributed by atoms with Crippen LogP contribution in [0.15, 0.2) is 71.7 Å². The van der Waals surface area contributed by atoms with Gasteiger partial charge in [0, 0.05) is 0 Å².